The number of carbonyl (C=O) groups is 1. The monoisotopic (exact) mass is 430 g/mol. The molecular weight excluding hydrogens is 410 g/mol. The van der Waals surface area contributed by atoms with Crippen LogP contribution >= 0.6 is 0 Å². The summed E-state index contributed by atoms with van der Waals surface area (Å²) in [6.45, 7) is -1.18. The Morgan fingerprint density at radius 2 is 1.77 bits per heavy atom. The smallest absolute Gasteiger partial charge is 0.387 e. The van der Waals surface area contributed by atoms with Crippen LogP contribution in [0.25, 0.3) is 0 Å². The van der Waals surface area contributed by atoms with Crippen LogP contribution in [0.5, 0.6) is 5.75 Å². The van der Waals surface area contributed by atoms with Gasteiger partial charge in [0.25, 0.3) is 11.5 Å². The number of anilines is 2. The standard InChI is InChI=1S/C21H20F2N4O4/c1-2-26(19(29)14-8-10-15(11-9-14)31-20(22)23)16-17(24)27(21(30)25-18(16)28)12-13-6-4-3-5-7-13/h3-11,20H,2,12,24H2,1H3,(H,25,28,30). The zero-order valence-electron chi connectivity index (χ0n) is 16.5. The van der Waals surface area contributed by atoms with Gasteiger partial charge in [-0.15, -0.1) is 0 Å². The molecule has 3 N–H and O–H groups in total. The summed E-state index contributed by atoms with van der Waals surface area (Å²) < 4.78 is 30.1. The molecule has 0 aliphatic heterocycles. The molecule has 0 spiro atoms. The predicted molar refractivity (Wildman–Crippen MR) is 112 cm³/mol. The van der Waals surface area contributed by atoms with Crippen LogP contribution < -0.4 is 26.6 Å². The molecule has 10 heteroatoms. The number of rotatable bonds is 7. The van der Waals surface area contributed by atoms with Gasteiger partial charge in [-0.1, -0.05) is 30.3 Å². The number of halogens is 2. The molecule has 0 saturated carbocycles. The number of amides is 1. The van der Waals surface area contributed by atoms with Gasteiger partial charge in [0.05, 0.1) is 6.54 Å². The molecule has 0 aliphatic rings. The SMILES string of the molecule is CCN(C(=O)c1ccc(OC(F)F)cc1)c1c(N)n(Cc2ccccc2)c(=O)[nH]c1=O. The van der Waals surface area contributed by atoms with Gasteiger partial charge in [0.2, 0.25) is 0 Å². The average molecular weight is 430 g/mol. The van der Waals surface area contributed by atoms with Crippen molar-refractivity contribution in [1.82, 2.24) is 9.55 Å². The molecule has 0 bridgehead atoms. The van der Waals surface area contributed by atoms with Crippen molar-refractivity contribution in [2.75, 3.05) is 17.2 Å². The minimum absolute atomic E-state index is 0.0743. The molecule has 0 unspecified atom stereocenters. The number of hydrogen-bond acceptors (Lipinski definition) is 5. The summed E-state index contributed by atoms with van der Waals surface area (Å²) in [4.78, 5) is 41.2. The van der Waals surface area contributed by atoms with Gasteiger partial charge in [-0.25, -0.2) is 4.79 Å². The Kier molecular flexibility index (Phi) is 6.49. The number of benzene rings is 2. The highest BCUT2D eigenvalue weighted by atomic mass is 19.3. The van der Waals surface area contributed by atoms with Gasteiger partial charge in [-0.3, -0.25) is 19.1 Å². The number of hydrogen-bond donors (Lipinski definition) is 2. The summed E-state index contributed by atoms with van der Waals surface area (Å²) in [5.74, 6) is -0.859. The molecule has 2 aromatic carbocycles. The largest absolute Gasteiger partial charge is 0.435 e. The predicted octanol–water partition coefficient (Wildman–Crippen LogP) is 2.44. The third-order valence-electron chi connectivity index (χ3n) is 4.56. The van der Waals surface area contributed by atoms with E-state index in [2.05, 4.69) is 9.72 Å². The van der Waals surface area contributed by atoms with Crippen LogP contribution in [0.1, 0.15) is 22.8 Å². The van der Waals surface area contributed by atoms with Crippen LogP contribution in [-0.2, 0) is 6.54 Å². The molecule has 162 valence electrons. The van der Waals surface area contributed by atoms with Crippen molar-refractivity contribution in [2.45, 2.75) is 20.1 Å². The number of aromatic nitrogens is 2. The van der Waals surface area contributed by atoms with Crippen molar-refractivity contribution in [3.8, 4) is 5.75 Å². The number of H-pyrrole nitrogens is 1. The number of ether oxygens (including phenoxy) is 1. The number of nitrogen functional groups attached to an aromatic ring is 1. The third-order valence-corrected chi connectivity index (χ3v) is 4.56. The van der Waals surface area contributed by atoms with E-state index in [0.717, 1.165) is 10.5 Å². The first-order chi connectivity index (χ1) is 14.8. The topological polar surface area (TPSA) is 110 Å². The number of carbonyl (C=O) groups excluding carboxylic acids is 1. The Labute approximate surface area is 175 Å². The molecule has 8 nitrogen and oxygen atoms in total. The van der Waals surface area contributed by atoms with Crippen LogP contribution in [0, 0.1) is 0 Å². The lowest BCUT2D eigenvalue weighted by Crippen LogP contribution is -2.41. The Hall–Kier alpha value is -3.95. The van der Waals surface area contributed by atoms with Gasteiger partial charge in [0.1, 0.15) is 11.6 Å². The average Bonchev–Trinajstić information content (AvgIpc) is 2.74. The van der Waals surface area contributed by atoms with E-state index in [4.69, 9.17) is 5.73 Å². The molecule has 0 radical (unpaired) electrons. The van der Waals surface area contributed by atoms with Crippen LogP contribution in [-0.4, -0.2) is 28.6 Å². The van der Waals surface area contributed by atoms with E-state index in [1.165, 1.54) is 28.8 Å². The highest BCUT2D eigenvalue weighted by molar-refractivity contribution is 6.07. The number of alkyl halides is 2. The third kappa shape index (κ3) is 4.80. The van der Waals surface area contributed by atoms with Crippen molar-refractivity contribution >= 4 is 17.4 Å². The number of nitrogens with zero attached hydrogens (tertiary/aromatic N) is 2. The first kappa shape index (κ1) is 21.8. The van der Waals surface area contributed by atoms with Crippen LogP contribution in [0.3, 0.4) is 0 Å². The summed E-state index contributed by atoms with van der Waals surface area (Å²) in [6, 6.07) is 14.0. The molecular formula is C21H20F2N4O4. The quantitative estimate of drug-likeness (QED) is 0.598. The van der Waals surface area contributed by atoms with Crippen molar-refractivity contribution in [1.29, 1.82) is 0 Å². The lowest BCUT2D eigenvalue weighted by molar-refractivity contribution is -0.0498. The number of aromatic amines is 1. The van der Waals surface area contributed by atoms with Gasteiger partial charge in [-0.05, 0) is 36.8 Å². The maximum Gasteiger partial charge on any atom is 0.387 e. The summed E-state index contributed by atoms with van der Waals surface area (Å²) in [5, 5.41) is 0. The Morgan fingerprint density at radius 1 is 1.13 bits per heavy atom. The van der Waals surface area contributed by atoms with E-state index in [0.29, 0.717) is 0 Å². The molecule has 3 rings (SSSR count). The summed E-state index contributed by atoms with van der Waals surface area (Å²) in [6.07, 6.45) is 0. The lowest BCUT2D eigenvalue weighted by atomic mass is 10.1. The molecule has 1 amide bonds. The molecule has 0 aliphatic carbocycles. The fourth-order valence-electron chi connectivity index (χ4n) is 3.10. The van der Waals surface area contributed by atoms with Crippen LogP contribution in [0.4, 0.5) is 20.3 Å². The zero-order valence-corrected chi connectivity index (χ0v) is 16.5. The maximum atomic E-state index is 13.0. The van der Waals surface area contributed by atoms with Gasteiger partial charge in [-0.2, -0.15) is 8.78 Å². The minimum Gasteiger partial charge on any atom is -0.435 e. The molecule has 3 aromatic rings. The van der Waals surface area contributed by atoms with Crippen molar-refractivity contribution in [3.05, 3.63) is 86.6 Å². The lowest BCUT2D eigenvalue weighted by Gasteiger charge is -2.23. The van der Waals surface area contributed by atoms with Crippen molar-refractivity contribution in [3.63, 3.8) is 0 Å². The fraction of sp³-hybridized carbons (Fsp3) is 0.190. The zero-order chi connectivity index (χ0) is 22.5. The highest BCUT2D eigenvalue weighted by Crippen LogP contribution is 2.21. The van der Waals surface area contributed by atoms with Gasteiger partial charge >= 0.3 is 12.3 Å². The molecule has 31 heavy (non-hydrogen) atoms. The van der Waals surface area contributed by atoms with E-state index >= 15 is 0 Å². The van der Waals surface area contributed by atoms with Crippen LogP contribution in [0.2, 0.25) is 0 Å². The van der Waals surface area contributed by atoms with E-state index in [-0.39, 0.29) is 35.9 Å². The molecule has 1 aromatic heterocycles. The van der Waals surface area contributed by atoms with Crippen molar-refractivity contribution in [2.24, 2.45) is 0 Å². The second kappa shape index (κ2) is 9.24. The molecule has 0 fully saturated rings. The first-order valence-corrected chi connectivity index (χ1v) is 9.35. The van der Waals surface area contributed by atoms with Crippen LogP contribution in [0.15, 0.2) is 64.2 Å². The van der Waals surface area contributed by atoms with E-state index in [1.807, 2.05) is 6.07 Å². The van der Waals surface area contributed by atoms with Gasteiger partial charge in [0.15, 0.2) is 5.69 Å². The summed E-state index contributed by atoms with van der Waals surface area (Å²) in [5.41, 5.74) is 5.38. The highest BCUT2D eigenvalue weighted by Gasteiger charge is 2.24. The number of nitrogens with two attached hydrogens (primary N) is 1. The maximum absolute atomic E-state index is 13.0. The van der Waals surface area contributed by atoms with Crippen molar-refractivity contribution < 1.29 is 18.3 Å². The van der Waals surface area contributed by atoms with Gasteiger partial charge < -0.3 is 15.4 Å². The Bertz CT molecular complexity index is 1170. The first-order valence-electron chi connectivity index (χ1n) is 9.35. The Morgan fingerprint density at radius 3 is 2.35 bits per heavy atom. The Balaban J connectivity index is 1.99. The normalized spacial score (nSPS) is 10.8. The van der Waals surface area contributed by atoms with E-state index in [1.54, 1.807) is 31.2 Å². The number of nitrogens with one attached hydrogen (secondary N) is 1. The molecule has 1 heterocycles. The summed E-state index contributed by atoms with van der Waals surface area (Å²) in [7, 11) is 0. The minimum atomic E-state index is -2.99. The van der Waals surface area contributed by atoms with Gasteiger partial charge in [0, 0.05) is 12.1 Å². The molecule has 0 atom stereocenters. The molecule has 0 saturated heterocycles. The summed E-state index contributed by atoms with van der Waals surface area (Å²) >= 11 is 0. The second-order valence-electron chi connectivity index (χ2n) is 6.52. The van der Waals surface area contributed by atoms with E-state index < -0.39 is 23.8 Å². The second-order valence-corrected chi connectivity index (χ2v) is 6.52. The van der Waals surface area contributed by atoms with E-state index in [9.17, 15) is 23.2 Å². The fourth-order valence-corrected chi connectivity index (χ4v) is 3.10.